The van der Waals surface area contributed by atoms with E-state index in [1.54, 1.807) is 33.2 Å². The molecule has 0 aliphatic carbocycles. The van der Waals surface area contributed by atoms with Gasteiger partial charge in [0.15, 0.2) is 11.3 Å². The Morgan fingerprint density at radius 3 is 2.68 bits per heavy atom. The number of rotatable bonds is 4. The monoisotopic (exact) mass is 400 g/mol. The molecule has 0 radical (unpaired) electrons. The molecule has 0 fully saturated rings. The highest BCUT2D eigenvalue weighted by Gasteiger charge is 2.22. The molecule has 3 aromatic heterocycles. The number of aromatic nitrogens is 6. The van der Waals surface area contributed by atoms with E-state index in [1.807, 2.05) is 18.3 Å². The number of fused-ring (bicyclic) bond motifs is 3. The van der Waals surface area contributed by atoms with Gasteiger partial charge in [0.05, 0.1) is 34.6 Å². The van der Waals surface area contributed by atoms with Gasteiger partial charge in [0.25, 0.3) is 5.56 Å². The summed E-state index contributed by atoms with van der Waals surface area (Å²) in [5.41, 5.74) is 2.29. The van der Waals surface area contributed by atoms with Gasteiger partial charge in [-0.3, -0.25) is 9.20 Å². The minimum atomic E-state index is -0.210. The quantitative estimate of drug-likeness (QED) is 0.526. The summed E-state index contributed by atoms with van der Waals surface area (Å²) >= 11 is 6.43. The third kappa shape index (κ3) is 2.89. The second-order valence-corrected chi connectivity index (χ2v) is 8.05. The van der Waals surface area contributed by atoms with Gasteiger partial charge in [0, 0.05) is 19.1 Å². The van der Waals surface area contributed by atoms with E-state index in [0.717, 1.165) is 11.2 Å². The molecule has 146 valence electrons. The first kappa shape index (κ1) is 18.6. The van der Waals surface area contributed by atoms with Gasteiger partial charge in [-0.15, -0.1) is 5.10 Å². The van der Waals surface area contributed by atoms with E-state index >= 15 is 0 Å². The summed E-state index contributed by atoms with van der Waals surface area (Å²) in [6, 6.07) is 5.52. The van der Waals surface area contributed by atoms with Crippen LogP contribution >= 0.6 is 11.6 Å². The number of para-hydroxylation sites is 1. The molecule has 0 N–H and O–H groups in total. The first-order valence-electron chi connectivity index (χ1n) is 8.93. The lowest BCUT2D eigenvalue weighted by Crippen LogP contribution is -2.25. The number of halogens is 1. The van der Waals surface area contributed by atoms with E-state index < -0.39 is 0 Å². The molecule has 0 spiro atoms. The summed E-state index contributed by atoms with van der Waals surface area (Å²) < 4.78 is 10.1. The number of nitrogens with zero attached hydrogens (tertiary/aromatic N) is 6. The van der Waals surface area contributed by atoms with Crippen molar-refractivity contribution in [2.24, 2.45) is 0 Å². The Labute approximate surface area is 166 Å². The van der Waals surface area contributed by atoms with E-state index in [1.165, 1.54) is 0 Å². The Hall–Kier alpha value is -2.71. The number of benzene rings is 1. The van der Waals surface area contributed by atoms with Gasteiger partial charge in [-0.05, 0) is 12.1 Å². The topological polar surface area (TPSA) is 79.2 Å². The van der Waals surface area contributed by atoms with Gasteiger partial charge in [0.1, 0.15) is 6.33 Å². The third-order valence-corrected chi connectivity index (χ3v) is 4.99. The van der Waals surface area contributed by atoms with E-state index in [4.69, 9.17) is 16.3 Å². The average Bonchev–Trinajstić information content (AvgIpc) is 3.29. The fourth-order valence-electron chi connectivity index (χ4n) is 3.19. The first-order chi connectivity index (χ1) is 13.3. The number of hydrogen-bond acceptors (Lipinski definition) is 5. The van der Waals surface area contributed by atoms with Crippen LogP contribution < -0.4 is 5.56 Å². The maximum Gasteiger partial charge on any atom is 0.279 e. The molecule has 28 heavy (non-hydrogen) atoms. The van der Waals surface area contributed by atoms with Crippen LogP contribution in [0.2, 0.25) is 5.02 Å². The molecule has 0 amide bonds. The molecule has 9 heteroatoms. The van der Waals surface area contributed by atoms with Gasteiger partial charge in [-0.2, -0.15) is 4.68 Å². The van der Waals surface area contributed by atoms with Crippen molar-refractivity contribution >= 4 is 28.2 Å². The molecule has 3 heterocycles. The zero-order chi connectivity index (χ0) is 20.1. The molecule has 4 aromatic rings. The van der Waals surface area contributed by atoms with E-state index in [-0.39, 0.29) is 11.0 Å². The smallest absolute Gasteiger partial charge is 0.279 e. The maximum atomic E-state index is 13.4. The predicted octanol–water partition coefficient (Wildman–Crippen LogP) is 2.83. The first-order valence-corrected chi connectivity index (χ1v) is 9.31. The van der Waals surface area contributed by atoms with Gasteiger partial charge < -0.3 is 9.30 Å². The Morgan fingerprint density at radius 1 is 1.21 bits per heavy atom. The summed E-state index contributed by atoms with van der Waals surface area (Å²) in [7, 11) is 1.60. The van der Waals surface area contributed by atoms with Crippen LogP contribution in [0.5, 0.6) is 0 Å². The maximum absolute atomic E-state index is 13.4. The summed E-state index contributed by atoms with van der Waals surface area (Å²) in [5, 5.41) is 8.94. The summed E-state index contributed by atoms with van der Waals surface area (Å²) in [5.74, 6) is 0.432. The molecular weight excluding hydrogens is 380 g/mol. The predicted molar refractivity (Wildman–Crippen MR) is 107 cm³/mol. The lowest BCUT2D eigenvalue weighted by molar-refractivity contribution is 0.187. The largest absolute Gasteiger partial charge is 0.383 e. The Morgan fingerprint density at radius 2 is 2.00 bits per heavy atom. The highest BCUT2D eigenvalue weighted by atomic mass is 35.5. The molecule has 4 rings (SSSR count). The summed E-state index contributed by atoms with van der Waals surface area (Å²) in [6.07, 6.45) is 3.42. The zero-order valence-corrected chi connectivity index (χ0v) is 16.9. The van der Waals surface area contributed by atoms with Crippen molar-refractivity contribution in [1.29, 1.82) is 0 Å². The number of ether oxygens (including phenoxy) is 1. The Kier molecular flexibility index (Phi) is 4.47. The third-order valence-electron chi connectivity index (χ3n) is 4.69. The minimum absolute atomic E-state index is 0.160. The number of imidazole rings is 1. The molecule has 0 aliphatic heterocycles. The van der Waals surface area contributed by atoms with Gasteiger partial charge >= 0.3 is 0 Å². The van der Waals surface area contributed by atoms with Gasteiger partial charge in [0.2, 0.25) is 0 Å². The lowest BCUT2D eigenvalue weighted by Gasteiger charge is -2.13. The highest BCUT2D eigenvalue weighted by molar-refractivity contribution is 6.35. The van der Waals surface area contributed by atoms with Gasteiger partial charge in [-0.25, -0.2) is 4.98 Å². The van der Waals surface area contributed by atoms with Crippen molar-refractivity contribution in [3.63, 3.8) is 0 Å². The number of methoxy groups -OCH3 is 1. The van der Waals surface area contributed by atoms with Crippen LogP contribution in [0.25, 0.3) is 22.4 Å². The molecule has 8 nitrogen and oxygen atoms in total. The Bertz CT molecular complexity index is 1230. The highest BCUT2D eigenvalue weighted by Crippen LogP contribution is 2.25. The molecule has 0 saturated carbocycles. The van der Waals surface area contributed by atoms with Crippen molar-refractivity contribution in [2.45, 2.75) is 32.7 Å². The fraction of sp³-hybridized carbons (Fsp3) is 0.368. The molecule has 1 aromatic carbocycles. The molecule has 0 saturated heterocycles. The SMILES string of the molecule is COCCn1c(=O)c2c(-n3cc(C(C)(C)C)nn3)ncn2c2cccc(Cl)c21. The van der Waals surface area contributed by atoms with Crippen molar-refractivity contribution in [2.75, 3.05) is 13.7 Å². The lowest BCUT2D eigenvalue weighted by atomic mass is 9.93. The normalized spacial score (nSPS) is 12.3. The average molecular weight is 401 g/mol. The van der Waals surface area contributed by atoms with E-state index in [9.17, 15) is 4.79 Å². The van der Waals surface area contributed by atoms with E-state index in [2.05, 4.69) is 36.1 Å². The van der Waals surface area contributed by atoms with Crippen LogP contribution in [0.4, 0.5) is 0 Å². The van der Waals surface area contributed by atoms with Crippen LogP contribution in [0.3, 0.4) is 0 Å². The van der Waals surface area contributed by atoms with Crippen molar-refractivity contribution in [3.05, 3.63) is 51.8 Å². The van der Waals surface area contributed by atoms with Crippen molar-refractivity contribution in [1.82, 2.24) is 28.9 Å². The number of hydrogen-bond donors (Lipinski definition) is 0. The van der Waals surface area contributed by atoms with Crippen molar-refractivity contribution in [3.8, 4) is 5.82 Å². The standard InChI is InChI=1S/C19H21ClN6O2/c1-19(2,3)14-10-26(23-22-14)17-16-18(27)24(8-9-28-4)15-12(20)6-5-7-13(15)25(16)11-21-17/h5-7,10-11H,8-9H2,1-4H3. The molecule has 0 unspecified atom stereocenters. The summed E-state index contributed by atoms with van der Waals surface area (Å²) in [6.45, 7) is 6.93. The van der Waals surface area contributed by atoms with Gasteiger partial charge in [-0.1, -0.05) is 43.7 Å². The van der Waals surface area contributed by atoms with Crippen LogP contribution in [-0.4, -0.2) is 42.7 Å². The van der Waals surface area contributed by atoms with E-state index in [0.29, 0.717) is 35.0 Å². The minimum Gasteiger partial charge on any atom is -0.383 e. The molecular formula is C19H21ClN6O2. The van der Waals surface area contributed by atoms with Crippen molar-refractivity contribution < 1.29 is 4.74 Å². The zero-order valence-electron chi connectivity index (χ0n) is 16.2. The van der Waals surface area contributed by atoms with Crippen LogP contribution in [-0.2, 0) is 16.7 Å². The molecule has 0 aliphatic rings. The molecule has 0 bridgehead atoms. The molecule has 0 atom stereocenters. The van der Waals surface area contributed by atoms with Crippen LogP contribution in [0, 0.1) is 0 Å². The summed E-state index contributed by atoms with van der Waals surface area (Å²) in [4.78, 5) is 17.8. The second-order valence-electron chi connectivity index (χ2n) is 7.64. The fourth-order valence-corrected chi connectivity index (χ4v) is 3.46. The Balaban J connectivity index is 2.04. The van der Waals surface area contributed by atoms with Crippen LogP contribution in [0.1, 0.15) is 26.5 Å². The second kappa shape index (κ2) is 6.72. The van der Waals surface area contributed by atoms with Crippen LogP contribution in [0.15, 0.2) is 35.5 Å².